The number of hydrogen-bond acceptors (Lipinski definition) is 3. The monoisotopic (exact) mass is 326 g/mol. The van der Waals surface area contributed by atoms with Gasteiger partial charge in [-0.2, -0.15) is 5.10 Å². The van der Waals surface area contributed by atoms with Crippen LogP contribution >= 0.6 is 0 Å². The van der Waals surface area contributed by atoms with Crippen molar-refractivity contribution in [3.8, 4) is 5.75 Å². The van der Waals surface area contributed by atoms with Gasteiger partial charge in [0.15, 0.2) is 0 Å². The van der Waals surface area contributed by atoms with Crippen LogP contribution in [0.15, 0.2) is 17.2 Å². The van der Waals surface area contributed by atoms with Gasteiger partial charge in [-0.1, -0.05) is 0 Å². The summed E-state index contributed by atoms with van der Waals surface area (Å²) in [4.78, 5) is 12.8. The summed E-state index contributed by atoms with van der Waals surface area (Å²) in [6, 6.07) is 3.76. The number of phenolic OH excluding ortho intramolecular Hbond substituents is 1. The van der Waals surface area contributed by atoms with Gasteiger partial charge in [0.25, 0.3) is 0 Å². The fourth-order valence-corrected chi connectivity index (χ4v) is 5.74. The highest BCUT2D eigenvalue weighted by molar-refractivity contribution is 5.86. The summed E-state index contributed by atoms with van der Waals surface area (Å²) in [5, 5.41) is 14.0. The van der Waals surface area contributed by atoms with Crippen LogP contribution < -0.4 is 5.43 Å². The second-order valence-corrected chi connectivity index (χ2v) is 8.40. The molecule has 0 heterocycles. The number of hydrogen-bond donors (Lipinski definition) is 2. The van der Waals surface area contributed by atoms with Gasteiger partial charge in [0.1, 0.15) is 5.75 Å². The molecule has 4 saturated carbocycles. The minimum atomic E-state index is -0.160. The maximum absolute atomic E-state index is 12.8. The fourth-order valence-electron chi connectivity index (χ4n) is 5.74. The van der Waals surface area contributed by atoms with Gasteiger partial charge in [0.05, 0.1) is 11.6 Å². The third-order valence-electron chi connectivity index (χ3n) is 6.41. The van der Waals surface area contributed by atoms with Gasteiger partial charge in [0.2, 0.25) is 5.91 Å². The van der Waals surface area contributed by atoms with Gasteiger partial charge >= 0.3 is 0 Å². The first-order valence-corrected chi connectivity index (χ1v) is 9.09. The van der Waals surface area contributed by atoms with Crippen LogP contribution in [0, 0.1) is 37.0 Å². The van der Waals surface area contributed by atoms with Gasteiger partial charge < -0.3 is 5.11 Å². The van der Waals surface area contributed by atoms with Crippen molar-refractivity contribution in [1.82, 2.24) is 5.43 Å². The molecule has 1 aromatic carbocycles. The van der Waals surface area contributed by atoms with Crippen molar-refractivity contribution in [3.05, 3.63) is 28.8 Å². The lowest BCUT2D eigenvalue weighted by molar-refractivity contribution is -0.146. The SMILES string of the molecule is Cc1cc(C=NNC(=O)C23CC4CC(CC(C4)C2)C3)cc(C)c1O. The second-order valence-electron chi connectivity index (χ2n) is 8.40. The molecular weight excluding hydrogens is 300 g/mol. The molecule has 4 bridgehead atoms. The molecule has 2 N–H and O–H groups in total. The zero-order valence-electron chi connectivity index (χ0n) is 14.5. The first-order chi connectivity index (χ1) is 11.4. The number of hydrazone groups is 1. The molecule has 0 aromatic heterocycles. The molecule has 4 heteroatoms. The lowest BCUT2D eigenvalue weighted by Crippen LogP contribution is -2.52. The predicted octanol–water partition coefficient (Wildman–Crippen LogP) is 3.68. The van der Waals surface area contributed by atoms with Crippen LogP contribution in [0.2, 0.25) is 0 Å². The normalized spacial score (nSPS) is 34.0. The van der Waals surface area contributed by atoms with Gasteiger partial charge in [-0.25, -0.2) is 5.43 Å². The molecule has 0 saturated heterocycles. The third-order valence-corrected chi connectivity index (χ3v) is 6.41. The van der Waals surface area contributed by atoms with E-state index in [1.54, 1.807) is 6.21 Å². The van der Waals surface area contributed by atoms with Crippen molar-refractivity contribution in [3.63, 3.8) is 0 Å². The number of aryl methyl sites for hydroxylation is 2. The molecule has 24 heavy (non-hydrogen) atoms. The standard InChI is InChI=1S/C20H26N2O2/c1-12-3-17(4-13(2)18(12)23)11-21-22-19(24)20-8-14-5-15(9-20)7-16(6-14)10-20/h3-4,11,14-16,23H,5-10H2,1-2H3,(H,22,24). The minimum Gasteiger partial charge on any atom is -0.507 e. The van der Waals surface area contributed by atoms with Crippen LogP contribution in [-0.4, -0.2) is 17.2 Å². The summed E-state index contributed by atoms with van der Waals surface area (Å²) < 4.78 is 0. The maximum atomic E-state index is 12.8. The number of nitrogens with zero attached hydrogens (tertiary/aromatic N) is 1. The van der Waals surface area contributed by atoms with Gasteiger partial charge in [0, 0.05) is 0 Å². The first-order valence-electron chi connectivity index (χ1n) is 9.09. The lowest BCUT2D eigenvalue weighted by atomic mass is 9.49. The molecule has 5 rings (SSSR count). The van der Waals surface area contributed by atoms with E-state index in [1.807, 2.05) is 26.0 Å². The van der Waals surface area contributed by atoms with Crippen molar-refractivity contribution in [1.29, 1.82) is 0 Å². The Bertz CT molecular complexity index is 649. The highest BCUT2D eigenvalue weighted by atomic mass is 16.3. The van der Waals surface area contributed by atoms with E-state index in [0.29, 0.717) is 5.75 Å². The van der Waals surface area contributed by atoms with Crippen LogP contribution in [0.4, 0.5) is 0 Å². The topological polar surface area (TPSA) is 61.7 Å². The van der Waals surface area contributed by atoms with E-state index in [9.17, 15) is 9.90 Å². The van der Waals surface area contributed by atoms with Crippen LogP contribution in [0.25, 0.3) is 0 Å². The second kappa shape index (κ2) is 5.61. The Labute approximate surface area is 143 Å². The minimum absolute atomic E-state index is 0.116. The maximum Gasteiger partial charge on any atom is 0.246 e. The molecule has 0 unspecified atom stereocenters. The number of phenols is 1. The number of carbonyl (C=O) groups is 1. The number of benzene rings is 1. The Hall–Kier alpha value is -1.84. The van der Waals surface area contributed by atoms with E-state index < -0.39 is 0 Å². The molecular formula is C20H26N2O2. The molecule has 0 spiro atoms. The number of carbonyl (C=O) groups excluding carboxylic acids is 1. The van der Waals surface area contributed by atoms with Crippen LogP contribution in [-0.2, 0) is 4.79 Å². The predicted molar refractivity (Wildman–Crippen MR) is 93.9 cm³/mol. The zero-order valence-corrected chi connectivity index (χ0v) is 14.5. The number of amides is 1. The number of aromatic hydroxyl groups is 1. The van der Waals surface area contributed by atoms with Crippen LogP contribution in [0.5, 0.6) is 5.75 Å². The Morgan fingerprint density at radius 2 is 1.62 bits per heavy atom. The Balaban J connectivity index is 1.45. The van der Waals surface area contributed by atoms with Crippen LogP contribution in [0.1, 0.15) is 55.2 Å². The van der Waals surface area contributed by atoms with Crippen molar-refractivity contribution >= 4 is 12.1 Å². The Morgan fingerprint density at radius 1 is 1.12 bits per heavy atom. The first kappa shape index (κ1) is 15.7. The molecule has 4 nitrogen and oxygen atoms in total. The molecule has 4 aliphatic rings. The van der Waals surface area contributed by atoms with E-state index in [0.717, 1.165) is 53.7 Å². The zero-order chi connectivity index (χ0) is 16.9. The van der Waals surface area contributed by atoms with Crippen molar-refractivity contribution in [2.75, 3.05) is 0 Å². The summed E-state index contributed by atoms with van der Waals surface area (Å²) >= 11 is 0. The smallest absolute Gasteiger partial charge is 0.246 e. The summed E-state index contributed by atoms with van der Waals surface area (Å²) in [6.07, 6.45) is 8.84. The summed E-state index contributed by atoms with van der Waals surface area (Å²) in [5.41, 5.74) is 5.19. The van der Waals surface area contributed by atoms with E-state index in [1.165, 1.54) is 19.3 Å². The average molecular weight is 326 g/mol. The molecule has 0 atom stereocenters. The Kier molecular flexibility index (Phi) is 3.66. The van der Waals surface area contributed by atoms with E-state index in [2.05, 4.69) is 10.5 Å². The van der Waals surface area contributed by atoms with Gasteiger partial charge in [-0.15, -0.1) is 0 Å². The number of nitrogens with one attached hydrogen (secondary N) is 1. The molecule has 4 fully saturated rings. The highest BCUT2D eigenvalue weighted by Gasteiger charge is 2.54. The molecule has 1 amide bonds. The molecule has 1 aromatic rings. The molecule has 0 aliphatic heterocycles. The third kappa shape index (κ3) is 2.62. The molecule has 128 valence electrons. The van der Waals surface area contributed by atoms with Gasteiger partial charge in [-0.3, -0.25) is 4.79 Å². The van der Waals surface area contributed by atoms with E-state index in [4.69, 9.17) is 0 Å². The van der Waals surface area contributed by atoms with Crippen molar-refractivity contribution in [2.45, 2.75) is 52.4 Å². The summed E-state index contributed by atoms with van der Waals surface area (Å²) in [6.45, 7) is 3.74. The van der Waals surface area contributed by atoms with Crippen molar-refractivity contribution < 1.29 is 9.90 Å². The molecule has 4 aliphatic carbocycles. The summed E-state index contributed by atoms with van der Waals surface area (Å²) in [5.74, 6) is 2.71. The lowest BCUT2D eigenvalue weighted by Gasteiger charge is -2.55. The van der Waals surface area contributed by atoms with Crippen LogP contribution in [0.3, 0.4) is 0 Å². The summed E-state index contributed by atoms with van der Waals surface area (Å²) in [7, 11) is 0. The average Bonchev–Trinajstić information content (AvgIpc) is 2.51. The highest BCUT2D eigenvalue weighted by Crippen LogP contribution is 2.60. The molecule has 0 radical (unpaired) electrons. The fraction of sp³-hybridized carbons (Fsp3) is 0.600. The van der Waals surface area contributed by atoms with E-state index >= 15 is 0 Å². The van der Waals surface area contributed by atoms with Gasteiger partial charge in [-0.05, 0) is 98.9 Å². The quantitative estimate of drug-likeness (QED) is 0.657. The number of rotatable bonds is 3. The van der Waals surface area contributed by atoms with E-state index in [-0.39, 0.29) is 11.3 Å². The van der Waals surface area contributed by atoms with Crippen molar-refractivity contribution in [2.24, 2.45) is 28.3 Å². The Morgan fingerprint density at radius 3 is 2.12 bits per heavy atom. The largest absolute Gasteiger partial charge is 0.507 e.